The molecule has 3 rings (SSSR count). The fourth-order valence-corrected chi connectivity index (χ4v) is 3.53. The maximum Gasteiger partial charge on any atom is 0.419 e. The van der Waals surface area contributed by atoms with Gasteiger partial charge in [0, 0.05) is 26.1 Å². The predicted octanol–water partition coefficient (Wildman–Crippen LogP) is 1.94. The number of hydrogen-bond acceptors (Lipinski definition) is 6. The summed E-state index contributed by atoms with van der Waals surface area (Å²) < 4.78 is 17.6. The Balaban J connectivity index is 1.49. The van der Waals surface area contributed by atoms with Crippen LogP contribution in [0.4, 0.5) is 0 Å². The van der Waals surface area contributed by atoms with Gasteiger partial charge in [-0.05, 0) is 39.3 Å². The summed E-state index contributed by atoms with van der Waals surface area (Å²) in [5, 5.41) is 0. The molecule has 1 amide bonds. The molecule has 28 heavy (non-hydrogen) atoms. The van der Waals surface area contributed by atoms with E-state index >= 15 is 0 Å². The molecular formula is C20H26N2O6. The van der Waals surface area contributed by atoms with Crippen LogP contribution in [0, 0.1) is 0 Å². The van der Waals surface area contributed by atoms with E-state index in [2.05, 4.69) is 0 Å². The third-order valence-electron chi connectivity index (χ3n) is 4.72. The number of benzene rings is 1. The molecule has 1 aliphatic heterocycles. The van der Waals surface area contributed by atoms with Gasteiger partial charge >= 0.3 is 11.7 Å². The zero-order chi connectivity index (χ0) is 20.3. The number of nitrogens with zero attached hydrogens (tertiary/aromatic N) is 2. The van der Waals surface area contributed by atoms with Crippen LogP contribution >= 0.6 is 0 Å². The molecule has 1 aromatic carbocycles. The lowest BCUT2D eigenvalue weighted by molar-refractivity contribution is -0.164. The van der Waals surface area contributed by atoms with E-state index in [0.717, 1.165) is 0 Å². The van der Waals surface area contributed by atoms with Crippen molar-refractivity contribution in [1.82, 2.24) is 9.47 Å². The van der Waals surface area contributed by atoms with Crippen LogP contribution < -0.4 is 5.76 Å². The maximum absolute atomic E-state index is 12.5. The van der Waals surface area contributed by atoms with E-state index in [-0.39, 0.29) is 24.5 Å². The average Bonchev–Trinajstić information content (AvgIpc) is 2.95. The first kappa shape index (κ1) is 20.1. The number of esters is 1. The molecule has 1 aromatic heterocycles. The van der Waals surface area contributed by atoms with E-state index in [1.807, 2.05) is 19.9 Å². The second-order valence-corrected chi connectivity index (χ2v) is 7.22. The summed E-state index contributed by atoms with van der Waals surface area (Å²) in [5.41, 5.74) is 1.21. The number of aryl methyl sites for hydroxylation is 1. The minimum Gasteiger partial charge on any atom is -0.453 e. The Morgan fingerprint density at radius 2 is 1.89 bits per heavy atom. The first-order valence-electron chi connectivity index (χ1n) is 9.57. The molecule has 0 spiro atoms. The Morgan fingerprint density at radius 3 is 2.61 bits per heavy atom. The SMILES string of the molecule is C[C@@H]1CN(C(=O)[C@@H](C)OC(=O)CCCn2c(=O)oc3ccccc32)C[C@@H](C)O1. The topological polar surface area (TPSA) is 91.0 Å². The van der Waals surface area contributed by atoms with Crippen LogP contribution in [0.2, 0.25) is 0 Å². The number of carbonyl (C=O) groups excluding carboxylic acids is 2. The van der Waals surface area contributed by atoms with Crippen molar-refractivity contribution in [2.45, 2.75) is 58.5 Å². The largest absolute Gasteiger partial charge is 0.453 e. The number of fused-ring (bicyclic) bond motifs is 1. The summed E-state index contributed by atoms with van der Waals surface area (Å²) in [5.74, 6) is -1.13. The molecule has 1 saturated heterocycles. The van der Waals surface area contributed by atoms with Crippen LogP contribution in [0.25, 0.3) is 11.1 Å². The maximum atomic E-state index is 12.5. The molecule has 8 heteroatoms. The first-order chi connectivity index (χ1) is 13.3. The van der Waals surface area contributed by atoms with Crippen molar-refractivity contribution in [2.24, 2.45) is 0 Å². The Bertz CT molecular complexity index is 891. The van der Waals surface area contributed by atoms with Gasteiger partial charge in [-0.25, -0.2) is 4.79 Å². The molecule has 0 aliphatic carbocycles. The zero-order valence-corrected chi connectivity index (χ0v) is 16.4. The number of morpholine rings is 1. The Kier molecular flexibility index (Phi) is 6.18. The summed E-state index contributed by atoms with van der Waals surface area (Å²) in [6, 6.07) is 7.13. The van der Waals surface area contributed by atoms with Gasteiger partial charge in [0.15, 0.2) is 11.7 Å². The van der Waals surface area contributed by atoms with Crippen molar-refractivity contribution in [3.05, 3.63) is 34.8 Å². The second kappa shape index (κ2) is 8.60. The second-order valence-electron chi connectivity index (χ2n) is 7.22. The summed E-state index contributed by atoms with van der Waals surface area (Å²) >= 11 is 0. The van der Waals surface area contributed by atoms with Gasteiger partial charge < -0.3 is 18.8 Å². The number of hydrogen-bond donors (Lipinski definition) is 0. The average molecular weight is 390 g/mol. The summed E-state index contributed by atoms with van der Waals surface area (Å²) in [6.45, 7) is 6.72. The normalized spacial score (nSPS) is 20.9. The minimum atomic E-state index is -0.845. The molecular weight excluding hydrogens is 364 g/mol. The molecule has 152 valence electrons. The standard InChI is InChI=1S/C20H26N2O6/c1-13-11-21(12-14(2)26-13)19(24)15(3)27-18(23)9-6-10-22-16-7-4-5-8-17(16)28-20(22)25/h4-5,7-8,13-15H,6,9-12H2,1-3H3/t13-,14-,15-/m1/s1. The molecule has 1 fully saturated rings. The third-order valence-corrected chi connectivity index (χ3v) is 4.72. The molecule has 2 heterocycles. The Hall–Kier alpha value is -2.61. The molecule has 0 unspecified atom stereocenters. The number of carbonyl (C=O) groups is 2. The van der Waals surface area contributed by atoms with E-state index in [4.69, 9.17) is 13.9 Å². The third kappa shape index (κ3) is 4.62. The van der Waals surface area contributed by atoms with Gasteiger partial charge in [-0.15, -0.1) is 0 Å². The van der Waals surface area contributed by atoms with E-state index in [0.29, 0.717) is 37.2 Å². The quantitative estimate of drug-likeness (QED) is 0.700. The van der Waals surface area contributed by atoms with Crippen LogP contribution in [-0.2, 0) is 25.6 Å². The highest BCUT2D eigenvalue weighted by atomic mass is 16.5. The van der Waals surface area contributed by atoms with E-state index in [1.54, 1.807) is 30.0 Å². The van der Waals surface area contributed by atoms with Gasteiger partial charge in [0.1, 0.15) is 0 Å². The number of rotatable bonds is 6. The number of para-hydroxylation sites is 2. The highest BCUT2D eigenvalue weighted by molar-refractivity contribution is 5.83. The summed E-state index contributed by atoms with van der Waals surface area (Å²) in [4.78, 5) is 38.2. The molecule has 3 atom stereocenters. The number of amides is 1. The fraction of sp³-hybridized carbons (Fsp3) is 0.550. The predicted molar refractivity (Wildman–Crippen MR) is 102 cm³/mol. The lowest BCUT2D eigenvalue weighted by atomic mass is 10.2. The van der Waals surface area contributed by atoms with Crippen molar-refractivity contribution < 1.29 is 23.5 Å². The number of aromatic nitrogens is 1. The molecule has 8 nitrogen and oxygen atoms in total. The number of oxazole rings is 1. The molecule has 0 N–H and O–H groups in total. The molecule has 2 aromatic rings. The summed E-state index contributed by atoms with van der Waals surface area (Å²) in [7, 11) is 0. The van der Waals surface area contributed by atoms with E-state index < -0.39 is 17.8 Å². The lowest BCUT2D eigenvalue weighted by Gasteiger charge is -2.36. The van der Waals surface area contributed by atoms with Crippen molar-refractivity contribution in [3.8, 4) is 0 Å². The Labute approximate surface area is 163 Å². The van der Waals surface area contributed by atoms with Gasteiger partial charge in [-0.3, -0.25) is 14.2 Å². The van der Waals surface area contributed by atoms with Crippen LogP contribution in [0.1, 0.15) is 33.6 Å². The van der Waals surface area contributed by atoms with Gasteiger partial charge in [0.05, 0.1) is 17.7 Å². The van der Waals surface area contributed by atoms with E-state index in [9.17, 15) is 14.4 Å². The van der Waals surface area contributed by atoms with Crippen LogP contribution in [0.5, 0.6) is 0 Å². The van der Waals surface area contributed by atoms with Gasteiger partial charge in [0.2, 0.25) is 0 Å². The fourth-order valence-electron chi connectivity index (χ4n) is 3.53. The number of ether oxygens (including phenoxy) is 2. The molecule has 0 radical (unpaired) electrons. The monoisotopic (exact) mass is 390 g/mol. The summed E-state index contributed by atoms with van der Waals surface area (Å²) in [6.07, 6.45) is -0.409. The van der Waals surface area contributed by atoms with Crippen LogP contribution in [0.15, 0.2) is 33.5 Å². The molecule has 0 saturated carbocycles. The molecule has 0 bridgehead atoms. The van der Waals surface area contributed by atoms with Crippen molar-refractivity contribution in [3.63, 3.8) is 0 Å². The highest BCUT2D eigenvalue weighted by Gasteiger charge is 2.30. The minimum absolute atomic E-state index is 0.0429. The van der Waals surface area contributed by atoms with Gasteiger partial charge in [0.25, 0.3) is 5.91 Å². The van der Waals surface area contributed by atoms with Gasteiger partial charge in [-0.2, -0.15) is 0 Å². The van der Waals surface area contributed by atoms with E-state index in [1.165, 1.54) is 4.57 Å². The Morgan fingerprint density at radius 1 is 1.21 bits per heavy atom. The van der Waals surface area contributed by atoms with Crippen molar-refractivity contribution in [1.29, 1.82) is 0 Å². The van der Waals surface area contributed by atoms with Crippen molar-refractivity contribution >= 4 is 23.0 Å². The first-order valence-corrected chi connectivity index (χ1v) is 9.57. The molecule has 1 aliphatic rings. The zero-order valence-electron chi connectivity index (χ0n) is 16.4. The van der Waals surface area contributed by atoms with Crippen LogP contribution in [-0.4, -0.2) is 52.7 Å². The lowest BCUT2D eigenvalue weighted by Crippen LogP contribution is -2.51. The van der Waals surface area contributed by atoms with Crippen molar-refractivity contribution in [2.75, 3.05) is 13.1 Å². The highest BCUT2D eigenvalue weighted by Crippen LogP contribution is 2.14. The van der Waals surface area contributed by atoms with Crippen LogP contribution in [0.3, 0.4) is 0 Å². The van der Waals surface area contributed by atoms with Gasteiger partial charge in [-0.1, -0.05) is 12.1 Å². The smallest absolute Gasteiger partial charge is 0.419 e.